The van der Waals surface area contributed by atoms with Crippen molar-refractivity contribution >= 4 is 0 Å². The van der Waals surface area contributed by atoms with Gasteiger partial charge >= 0.3 is 0 Å². The van der Waals surface area contributed by atoms with Crippen LogP contribution in [0.5, 0.6) is 0 Å². The number of nitrogens with zero attached hydrogens (tertiary/aromatic N) is 2. The second-order valence-electron chi connectivity index (χ2n) is 5.31. The van der Waals surface area contributed by atoms with Crippen molar-refractivity contribution in [2.75, 3.05) is 6.54 Å². The van der Waals surface area contributed by atoms with Crippen molar-refractivity contribution < 1.29 is 0 Å². The third-order valence-electron chi connectivity index (χ3n) is 4.11. The minimum Gasteiger partial charge on any atom is -0.330 e. The Balaban J connectivity index is 1.80. The lowest BCUT2D eigenvalue weighted by Gasteiger charge is -2.26. The van der Waals surface area contributed by atoms with E-state index in [1.165, 1.54) is 37.8 Å². The summed E-state index contributed by atoms with van der Waals surface area (Å²) in [6.45, 7) is 3.50. The lowest BCUT2D eigenvalue weighted by molar-refractivity contribution is 0.373. The minimum atomic E-state index is 0.539. The zero-order valence-electron chi connectivity index (χ0n) is 10.0. The van der Waals surface area contributed by atoms with Crippen LogP contribution in [0.15, 0.2) is 12.5 Å². The Labute approximate surface area is 97.3 Å². The lowest BCUT2D eigenvalue weighted by atomic mass is 10.0. The largest absolute Gasteiger partial charge is 0.330 e. The zero-order chi connectivity index (χ0) is 11.0. The fourth-order valence-corrected chi connectivity index (χ4v) is 2.84. The third-order valence-corrected chi connectivity index (χ3v) is 4.11. The molecule has 1 saturated carbocycles. The maximum Gasteiger partial charge on any atom is 0.0951 e. The van der Waals surface area contributed by atoms with Gasteiger partial charge in [0, 0.05) is 18.3 Å². The van der Waals surface area contributed by atoms with Gasteiger partial charge in [-0.1, -0.05) is 6.42 Å². The molecule has 1 aromatic heterocycles. The summed E-state index contributed by atoms with van der Waals surface area (Å²) in [6, 6.07) is 1.18. The molecule has 1 N–H and O–H groups in total. The molecule has 1 saturated heterocycles. The summed E-state index contributed by atoms with van der Waals surface area (Å²) in [5, 5.41) is 3.62. The molecular formula is C13H21N3. The van der Waals surface area contributed by atoms with Crippen molar-refractivity contribution in [1.82, 2.24) is 14.9 Å². The second kappa shape index (κ2) is 4.21. The Hall–Kier alpha value is -0.830. The first-order chi connectivity index (χ1) is 7.86. The van der Waals surface area contributed by atoms with Crippen LogP contribution in [0.3, 0.4) is 0 Å². The van der Waals surface area contributed by atoms with E-state index in [-0.39, 0.29) is 0 Å². The summed E-state index contributed by atoms with van der Waals surface area (Å²) in [4.78, 5) is 4.35. The topological polar surface area (TPSA) is 29.9 Å². The Bertz CT molecular complexity index is 348. The highest BCUT2D eigenvalue weighted by Gasteiger charge is 2.31. The molecule has 2 atom stereocenters. The molecule has 2 aliphatic rings. The highest BCUT2D eigenvalue weighted by molar-refractivity contribution is 5.08. The van der Waals surface area contributed by atoms with Crippen LogP contribution in [0.2, 0.25) is 0 Å². The number of piperidine rings is 1. The summed E-state index contributed by atoms with van der Waals surface area (Å²) < 4.78 is 2.40. The average Bonchev–Trinajstić information content (AvgIpc) is 3.06. The van der Waals surface area contributed by atoms with Crippen molar-refractivity contribution in [3.05, 3.63) is 18.2 Å². The molecule has 3 rings (SSSR count). The van der Waals surface area contributed by atoms with Gasteiger partial charge in [-0.25, -0.2) is 4.98 Å². The quantitative estimate of drug-likeness (QED) is 0.847. The van der Waals surface area contributed by atoms with Crippen molar-refractivity contribution in [2.24, 2.45) is 5.92 Å². The smallest absolute Gasteiger partial charge is 0.0951 e. The molecule has 3 nitrogen and oxygen atoms in total. The van der Waals surface area contributed by atoms with E-state index in [9.17, 15) is 0 Å². The van der Waals surface area contributed by atoms with Crippen LogP contribution in [0, 0.1) is 5.92 Å². The van der Waals surface area contributed by atoms with Crippen LogP contribution in [-0.2, 0) is 0 Å². The molecular weight excluding hydrogens is 198 g/mol. The zero-order valence-corrected chi connectivity index (χ0v) is 10.0. The molecule has 88 valence electrons. The molecule has 0 aromatic carbocycles. The van der Waals surface area contributed by atoms with Crippen molar-refractivity contribution in [2.45, 2.75) is 51.1 Å². The third kappa shape index (κ3) is 1.88. The van der Waals surface area contributed by atoms with Crippen LogP contribution in [-0.4, -0.2) is 16.1 Å². The van der Waals surface area contributed by atoms with Crippen molar-refractivity contribution in [3.63, 3.8) is 0 Å². The standard InChI is InChI=1S/C13H21N3/c1-10(11-5-6-11)16-9-14-8-13(16)12-4-2-3-7-15-12/h8-12,15H,2-7H2,1H3. The van der Waals surface area contributed by atoms with E-state index in [0.29, 0.717) is 12.1 Å². The van der Waals surface area contributed by atoms with Gasteiger partial charge in [-0.2, -0.15) is 0 Å². The van der Waals surface area contributed by atoms with Crippen molar-refractivity contribution in [3.8, 4) is 0 Å². The van der Waals surface area contributed by atoms with Gasteiger partial charge in [-0.3, -0.25) is 0 Å². The van der Waals surface area contributed by atoms with E-state index in [1.54, 1.807) is 0 Å². The van der Waals surface area contributed by atoms with E-state index in [0.717, 1.165) is 12.5 Å². The molecule has 1 aromatic rings. The lowest BCUT2D eigenvalue weighted by Crippen LogP contribution is -2.29. The van der Waals surface area contributed by atoms with Crippen molar-refractivity contribution in [1.29, 1.82) is 0 Å². The van der Waals surface area contributed by atoms with E-state index >= 15 is 0 Å². The molecule has 0 spiro atoms. The Morgan fingerprint density at radius 3 is 2.94 bits per heavy atom. The van der Waals surface area contributed by atoms with Gasteiger partial charge in [0.25, 0.3) is 0 Å². The fourth-order valence-electron chi connectivity index (χ4n) is 2.84. The summed E-state index contributed by atoms with van der Waals surface area (Å²) in [7, 11) is 0. The molecule has 0 bridgehead atoms. The molecule has 2 fully saturated rings. The molecule has 1 aliphatic carbocycles. The maximum absolute atomic E-state index is 4.35. The van der Waals surface area contributed by atoms with E-state index < -0.39 is 0 Å². The fraction of sp³-hybridized carbons (Fsp3) is 0.769. The number of nitrogens with one attached hydrogen (secondary N) is 1. The van der Waals surface area contributed by atoms with Gasteiger partial charge in [0.1, 0.15) is 0 Å². The minimum absolute atomic E-state index is 0.539. The number of aromatic nitrogens is 2. The summed E-state index contributed by atoms with van der Waals surface area (Å²) in [6.07, 6.45) is 10.8. The van der Waals surface area contributed by atoms with Gasteiger partial charge in [-0.05, 0) is 45.1 Å². The number of hydrogen-bond acceptors (Lipinski definition) is 2. The number of hydrogen-bond donors (Lipinski definition) is 1. The molecule has 1 aliphatic heterocycles. The maximum atomic E-state index is 4.35. The summed E-state index contributed by atoms with van der Waals surface area (Å²) >= 11 is 0. The Kier molecular flexibility index (Phi) is 2.72. The number of imidazole rings is 1. The second-order valence-corrected chi connectivity index (χ2v) is 5.31. The first kappa shape index (κ1) is 10.3. The van der Waals surface area contributed by atoms with Gasteiger partial charge < -0.3 is 9.88 Å². The SMILES string of the molecule is CC(C1CC1)n1cncc1C1CCCCN1. The molecule has 16 heavy (non-hydrogen) atoms. The molecule has 3 heteroatoms. The monoisotopic (exact) mass is 219 g/mol. The summed E-state index contributed by atoms with van der Waals surface area (Å²) in [5.41, 5.74) is 1.40. The first-order valence-corrected chi connectivity index (χ1v) is 6.61. The van der Waals surface area contributed by atoms with Gasteiger partial charge in [0.05, 0.1) is 12.0 Å². The highest BCUT2D eigenvalue weighted by atomic mass is 15.1. The molecule has 0 amide bonds. The molecule has 0 radical (unpaired) electrons. The van der Waals surface area contributed by atoms with Gasteiger partial charge in [0.2, 0.25) is 0 Å². The van der Waals surface area contributed by atoms with Crippen LogP contribution >= 0.6 is 0 Å². The molecule has 2 unspecified atom stereocenters. The number of rotatable bonds is 3. The highest BCUT2D eigenvalue weighted by Crippen LogP contribution is 2.40. The van der Waals surface area contributed by atoms with E-state index in [4.69, 9.17) is 0 Å². The Morgan fingerprint density at radius 1 is 1.38 bits per heavy atom. The molecule has 2 heterocycles. The van der Waals surface area contributed by atoms with Crippen LogP contribution in [0.1, 0.15) is 56.8 Å². The summed E-state index contributed by atoms with van der Waals surface area (Å²) in [5.74, 6) is 0.900. The van der Waals surface area contributed by atoms with Crippen LogP contribution in [0.4, 0.5) is 0 Å². The van der Waals surface area contributed by atoms with Gasteiger partial charge in [0.15, 0.2) is 0 Å². The Morgan fingerprint density at radius 2 is 2.25 bits per heavy atom. The van der Waals surface area contributed by atoms with E-state index in [1.807, 2.05) is 6.33 Å². The van der Waals surface area contributed by atoms with Crippen LogP contribution < -0.4 is 5.32 Å². The van der Waals surface area contributed by atoms with Crippen LogP contribution in [0.25, 0.3) is 0 Å². The predicted octanol–water partition coefficient (Wildman–Crippen LogP) is 2.67. The van der Waals surface area contributed by atoms with Gasteiger partial charge in [-0.15, -0.1) is 0 Å². The average molecular weight is 219 g/mol. The predicted molar refractivity (Wildman–Crippen MR) is 64.3 cm³/mol. The van der Waals surface area contributed by atoms with E-state index in [2.05, 4.69) is 28.0 Å². The first-order valence-electron chi connectivity index (χ1n) is 6.61. The normalized spacial score (nSPS) is 27.9.